The fourth-order valence-corrected chi connectivity index (χ4v) is 14.2. The first kappa shape index (κ1) is 39.1. The van der Waals surface area contributed by atoms with Crippen LogP contribution < -0.4 is 5.32 Å². The molecule has 2 N–H and O–H groups in total. The Balaban J connectivity index is 1.21. The highest BCUT2D eigenvalue weighted by Gasteiger charge is 2.71. The van der Waals surface area contributed by atoms with Crippen LogP contribution >= 0.6 is 0 Å². The molecule has 5 fully saturated rings. The Morgan fingerprint density at radius 1 is 0.904 bits per heavy atom. The first-order chi connectivity index (χ1) is 24.2. The second-order valence-electron chi connectivity index (χ2n) is 20.7. The van der Waals surface area contributed by atoms with Gasteiger partial charge in [0.15, 0.2) is 0 Å². The number of amides is 1. The molecule has 1 aromatic rings. The van der Waals surface area contributed by atoms with E-state index in [1.165, 1.54) is 36.8 Å². The number of allylic oxidation sites excluding steroid dienone is 1. The molecule has 288 valence electrons. The van der Waals surface area contributed by atoms with Gasteiger partial charge in [-0.25, -0.2) is 0 Å². The Labute approximate surface area is 314 Å². The molecule has 5 saturated carbocycles. The molecule has 1 amide bonds. The smallest absolute Gasteiger partial charge is 0.306 e. The average Bonchev–Trinajstić information content (AvgIpc) is 3.40. The summed E-state index contributed by atoms with van der Waals surface area (Å²) >= 11 is 0. The second kappa shape index (κ2) is 13.6. The summed E-state index contributed by atoms with van der Waals surface area (Å²) < 4.78 is 6.28. The molecule has 6 heteroatoms. The third-order valence-corrected chi connectivity index (χ3v) is 16.8. The maximum atomic E-state index is 13.8. The monoisotopic (exact) mass is 716 g/mol. The maximum Gasteiger partial charge on any atom is 0.306 e. The minimum absolute atomic E-state index is 0.0394. The number of ether oxygens (including phenoxy) is 1. The molecule has 6 nitrogen and oxygen atoms in total. The van der Waals surface area contributed by atoms with Gasteiger partial charge < -0.3 is 15.2 Å². The van der Waals surface area contributed by atoms with E-state index in [1.807, 2.05) is 13.8 Å². The zero-order valence-corrected chi connectivity index (χ0v) is 34.0. The van der Waals surface area contributed by atoms with Gasteiger partial charge in [0.05, 0.1) is 12.8 Å². The summed E-state index contributed by atoms with van der Waals surface area (Å²) in [6.45, 7) is 25.7. The zero-order chi connectivity index (χ0) is 38.1. The number of carbonyl (C=O) groups is 3. The minimum atomic E-state index is -0.883. The normalized spacial score (nSPS) is 39.2. The Hall–Kier alpha value is -2.63. The third kappa shape index (κ3) is 6.58. The van der Waals surface area contributed by atoms with Crippen molar-refractivity contribution >= 4 is 17.8 Å². The number of benzene rings is 1. The number of aryl methyl sites for hydroxylation is 1. The Bertz CT molecular complexity index is 1580. The number of carboxylic acids is 1. The van der Waals surface area contributed by atoms with Gasteiger partial charge in [0, 0.05) is 18.4 Å². The predicted molar refractivity (Wildman–Crippen MR) is 207 cm³/mol. The highest BCUT2D eigenvalue weighted by molar-refractivity contribution is 5.77. The number of nitrogens with one attached hydrogen (secondary N) is 1. The minimum Gasteiger partial charge on any atom is -0.481 e. The predicted octanol–water partition coefficient (Wildman–Crippen LogP) is 10.5. The summed E-state index contributed by atoms with van der Waals surface area (Å²) in [4.78, 5) is 38.4. The number of hydrogen-bond acceptors (Lipinski definition) is 4. The second-order valence-corrected chi connectivity index (χ2v) is 20.7. The van der Waals surface area contributed by atoms with Crippen molar-refractivity contribution in [3.8, 4) is 0 Å². The van der Waals surface area contributed by atoms with Crippen LogP contribution in [-0.4, -0.2) is 29.1 Å². The first-order valence-corrected chi connectivity index (χ1v) is 20.6. The number of carboxylic acid groups (broad SMARTS) is 1. The molecule has 5 aliphatic rings. The van der Waals surface area contributed by atoms with Gasteiger partial charge in [-0.05, 0) is 140 Å². The summed E-state index contributed by atoms with van der Waals surface area (Å²) in [5, 5.41) is 12.7. The van der Waals surface area contributed by atoms with E-state index < -0.39 is 11.4 Å². The molecule has 0 aliphatic heterocycles. The van der Waals surface area contributed by atoms with E-state index >= 15 is 0 Å². The van der Waals surface area contributed by atoms with Gasteiger partial charge in [-0.3, -0.25) is 14.4 Å². The van der Waals surface area contributed by atoms with Gasteiger partial charge >= 0.3 is 11.9 Å². The van der Waals surface area contributed by atoms with Crippen molar-refractivity contribution in [1.82, 2.24) is 5.32 Å². The molecule has 10 atom stereocenters. The summed E-state index contributed by atoms with van der Waals surface area (Å²) in [5.74, 6) is 1.66. The van der Waals surface area contributed by atoms with Crippen molar-refractivity contribution in [3.63, 3.8) is 0 Å². The number of hydrogen-bond donors (Lipinski definition) is 2. The fourth-order valence-electron chi connectivity index (χ4n) is 14.2. The highest BCUT2D eigenvalue weighted by atomic mass is 16.5. The highest BCUT2D eigenvalue weighted by Crippen LogP contribution is 2.78. The Morgan fingerprint density at radius 3 is 2.31 bits per heavy atom. The molecular formula is C46H69NO5. The van der Waals surface area contributed by atoms with Crippen molar-refractivity contribution in [2.24, 2.45) is 62.1 Å². The molecular weight excluding hydrogens is 647 g/mol. The van der Waals surface area contributed by atoms with E-state index in [0.717, 1.165) is 44.1 Å². The van der Waals surface area contributed by atoms with E-state index in [-0.39, 0.29) is 57.9 Å². The van der Waals surface area contributed by atoms with Crippen LogP contribution in [0, 0.1) is 69.0 Å². The lowest BCUT2D eigenvalue weighted by atomic mass is 9.32. The maximum absolute atomic E-state index is 13.8. The lowest BCUT2D eigenvalue weighted by Gasteiger charge is -2.73. The van der Waals surface area contributed by atoms with Crippen LogP contribution in [0.1, 0.15) is 150 Å². The van der Waals surface area contributed by atoms with Gasteiger partial charge in [-0.2, -0.15) is 0 Å². The lowest BCUT2D eigenvalue weighted by molar-refractivity contribution is -0.250. The van der Waals surface area contributed by atoms with E-state index in [4.69, 9.17) is 4.74 Å². The van der Waals surface area contributed by atoms with Crippen LogP contribution in [0.2, 0.25) is 0 Å². The van der Waals surface area contributed by atoms with Gasteiger partial charge in [-0.15, -0.1) is 0 Å². The molecule has 0 bridgehead atoms. The third-order valence-electron chi connectivity index (χ3n) is 16.8. The molecule has 0 radical (unpaired) electrons. The summed E-state index contributed by atoms with van der Waals surface area (Å²) in [7, 11) is 0. The van der Waals surface area contributed by atoms with Crippen molar-refractivity contribution in [1.29, 1.82) is 0 Å². The molecule has 1 aromatic carbocycles. The molecule has 0 spiro atoms. The largest absolute Gasteiger partial charge is 0.481 e. The molecule has 0 aromatic heterocycles. The Morgan fingerprint density at radius 2 is 1.63 bits per heavy atom. The van der Waals surface area contributed by atoms with Crippen molar-refractivity contribution < 1.29 is 24.2 Å². The van der Waals surface area contributed by atoms with Gasteiger partial charge in [0.1, 0.15) is 6.10 Å². The van der Waals surface area contributed by atoms with E-state index in [2.05, 4.69) is 84.6 Å². The van der Waals surface area contributed by atoms with Gasteiger partial charge in [0.2, 0.25) is 5.91 Å². The molecule has 0 saturated heterocycles. The molecule has 0 unspecified atom stereocenters. The van der Waals surface area contributed by atoms with Crippen LogP contribution in [0.5, 0.6) is 0 Å². The van der Waals surface area contributed by atoms with Crippen LogP contribution in [0.3, 0.4) is 0 Å². The zero-order valence-electron chi connectivity index (χ0n) is 34.0. The molecule has 5 aliphatic carbocycles. The quantitative estimate of drug-likeness (QED) is 0.186. The first-order valence-electron chi connectivity index (χ1n) is 20.6. The molecule has 52 heavy (non-hydrogen) atoms. The fraction of sp³-hybridized carbons (Fsp3) is 0.761. The van der Waals surface area contributed by atoms with Crippen LogP contribution in [0.4, 0.5) is 0 Å². The van der Waals surface area contributed by atoms with Gasteiger partial charge in [0.25, 0.3) is 0 Å². The number of esters is 1. The Kier molecular flexibility index (Phi) is 10.2. The number of rotatable bonds is 10. The van der Waals surface area contributed by atoms with E-state index in [0.29, 0.717) is 42.6 Å². The number of fused-ring (bicyclic) bond motifs is 7. The summed E-state index contributed by atoms with van der Waals surface area (Å²) in [5.41, 5.74) is 3.47. The van der Waals surface area contributed by atoms with Crippen molar-refractivity contribution in [3.05, 3.63) is 47.5 Å². The molecule has 0 heterocycles. The topological polar surface area (TPSA) is 92.7 Å². The van der Waals surface area contributed by atoms with E-state index in [1.54, 1.807) is 0 Å². The summed E-state index contributed by atoms with van der Waals surface area (Å²) in [6.07, 6.45) is 11.8. The standard InChI is InChI=1S/C46H69NO5/c1-29(2)32-16-21-46(25-37(48)47-28-31-13-11-12-30(3)24-31)23-22-44(9)33(40(32)46)14-15-35-43(8)19-18-36(42(6,7)34(43)17-20-45(35,44)10)52-39(51)27-41(4,5)26-38(49)50/h11-13,24,32-36,40H,1,14-23,25-28H2,2-10H3,(H,47,48)(H,49,50)/t32-,33+,34-,35+,36-,40+,43-,44+,45+,46+/m0/s1. The van der Waals surface area contributed by atoms with Gasteiger partial charge in [-0.1, -0.05) is 90.4 Å². The number of aliphatic carboxylic acids is 1. The SMILES string of the molecule is C=C(C)[C@@H]1CC[C@]2(CC(=O)NCc3cccc(C)c3)CC[C@]3(C)[C@H](CC[C@@H]4[C@@]5(C)CC[C@H](OC(=O)CC(C)(C)CC(=O)O)C(C)(C)[C@@H]5CC[C@]43C)[C@@H]12. The van der Waals surface area contributed by atoms with Crippen LogP contribution in [-0.2, 0) is 25.7 Å². The average molecular weight is 716 g/mol. The van der Waals surface area contributed by atoms with Crippen LogP contribution in [0.25, 0.3) is 0 Å². The van der Waals surface area contributed by atoms with Crippen molar-refractivity contribution in [2.75, 3.05) is 0 Å². The van der Waals surface area contributed by atoms with E-state index in [9.17, 15) is 19.5 Å². The van der Waals surface area contributed by atoms with Crippen LogP contribution in [0.15, 0.2) is 36.4 Å². The molecule has 6 rings (SSSR count). The van der Waals surface area contributed by atoms with Crippen molar-refractivity contribution in [2.45, 2.75) is 158 Å². The summed E-state index contributed by atoms with van der Waals surface area (Å²) in [6, 6.07) is 8.45. The number of carbonyl (C=O) groups excluding carboxylic acids is 2. The lowest BCUT2D eigenvalue weighted by Crippen LogP contribution is -2.67.